The Morgan fingerprint density at radius 2 is 2.27 bits per heavy atom. The highest BCUT2D eigenvalue weighted by molar-refractivity contribution is 5.78. The molecule has 0 bridgehead atoms. The largest absolute Gasteiger partial charge is 0.439 e. The molecule has 0 saturated carbocycles. The maximum atomic E-state index is 15.0. The van der Waals surface area contributed by atoms with Crippen molar-refractivity contribution in [1.82, 2.24) is 15.2 Å². The van der Waals surface area contributed by atoms with E-state index in [2.05, 4.69) is 10.3 Å². The second-order valence-electron chi connectivity index (χ2n) is 7.16. The molecule has 30 heavy (non-hydrogen) atoms. The van der Waals surface area contributed by atoms with Crippen molar-refractivity contribution < 1.29 is 18.7 Å². The molecule has 8 nitrogen and oxygen atoms in total. The molecule has 9 heteroatoms. The number of benzene rings is 1. The van der Waals surface area contributed by atoms with E-state index in [-0.39, 0.29) is 29.8 Å². The average molecular weight is 411 g/mol. The van der Waals surface area contributed by atoms with E-state index in [4.69, 9.17) is 20.1 Å². The van der Waals surface area contributed by atoms with Crippen LogP contribution in [0.4, 0.5) is 4.39 Å². The first-order chi connectivity index (χ1) is 14.4. The molecule has 1 aliphatic heterocycles. The molecule has 1 aliphatic rings. The molecule has 0 amide bonds. The number of nitrogens with one attached hydrogen (secondary N) is 2. The Kier molecular flexibility index (Phi) is 6.28. The lowest BCUT2D eigenvalue weighted by atomic mass is 9.76. The van der Waals surface area contributed by atoms with Crippen molar-refractivity contribution in [2.45, 2.75) is 12.0 Å². The summed E-state index contributed by atoms with van der Waals surface area (Å²) in [6.07, 6.45) is 2.59. The predicted octanol–water partition coefficient (Wildman–Crippen LogP) is 2.40. The summed E-state index contributed by atoms with van der Waals surface area (Å²) in [5.41, 5.74) is -0.742. The van der Waals surface area contributed by atoms with E-state index < -0.39 is 17.3 Å². The number of hydrogen-bond acceptors (Lipinski definition) is 6. The summed E-state index contributed by atoms with van der Waals surface area (Å²) < 4.78 is 26.3. The van der Waals surface area contributed by atoms with Crippen molar-refractivity contribution in [2.75, 3.05) is 27.3 Å². The van der Waals surface area contributed by atoms with Crippen molar-refractivity contribution in [3.63, 3.8) is 0 Å². The van der Waals surface area contributed by atoms with E-state index in [0.29, 0.717) is 18.6 Å². The van der Waals surface area contributed by atoms with Crippen molar-refractivity contribution in [2.24, 2.45) is 5.92 Å². The van der Waals surface area contributed by atoms with E-state index in [0.717, 1.165) is 6.29 Å². The number of nitriles is 1. The Hall–Kier alpha value is -3.51. The van der Waals surface area contributed by atoms with Crippen molar-refractivity contribution in [3.05, 3.63) is 53.5 Å². The van der Waals surface area contributed by atoms with Crippen LogP contribution in [-0.2, 0) is 15.1 Å². The van der Waals surface area contributed by atoms with Gasteiger partial charge in [-0.15, -0.1) is 0 Å². The number of pyridine rings is 1. The first-order valence-electron chi connectivity index (χ1n) is 9.30. The smallest absolute Gasteiger partial charge is 0.220 e. The maximum absolute atomic E-state index is 15.0. The molecule has 0 spiro atoms. The van der Waals surface area contributed by atoms with E-state index in [1.807, 2.05) is 6.07 Å². The average Bonchev–Trinajstić information content (AvgIpc) is 2.75. The number of hydrogen-bond donors (Lipinski definition) is 2. The molecule has 3 rings (SSSR count). The number of carbonyl (C=O) groups is 1. The van der Waals surface area contributed by atoms with Crippen molar-refractivity contribution >= 4 is 12.2 Å². The van der Waals surface area contributed by atoms with Crippen LogP contribution >= 0.6 is 0 Å². The summed E-state index contributed by atoms with van der Waals surface area (Å²) in [6.45, 7) is 0.375. The van der Waals surface area contributed by atoms with Crippen LogP contribution < -0.4 is 10.1 Å². The van der Waals surface area contributed by atoms with Gasteiger partial charge in [-0.3, -0.25) is 5.41 Å². The minimum absolute atomic E-state index is 0.00909. The van der Waals surface area contributed by atoms with Crippen LogP contribution in [0.1, 0.15) is 17.5 Å². The van der Waals surface area contributed by atoms with E-state index in [9.17, 15) is 4.79 Å². The predicted molar refractivity (Wildman–Crippen MR) is 107 cm³/mol. The summed E-state index contributed by atoms with van der Waals surface area (Å²) in [7, 11) is 3.35. The number of nitrogens with zero attached hydrogens (tertiary/aromatic N) is 3. The Bertz CT molecular complexity index is 991. The normalized spacial score (nSPS) is 20.7. The zero-order valence-electron chi connectivity index (χ0n) is 16.7. The van der Waals surface area contributed by atoms with Crippen LogP contribution in [0, 0.1) is 28.5 Å². The minimum Gasteiger partial charge on any atom is -0.439 e. The molecule has 2 N–H and O–H groups in total. The van der Waals surface area contributed by atoms with Gasteiger partial charge >= 0.3 is 0 Å². The lowest BCUT2D eigenvalue weighted by molar-refractivity contribution is -0.119. The van der Waals surface area contributed by atoms with Crippen LogP contribution in [0.25, 0.3) is 0 Å². The number of aromatic nitrogens is 1. The van der Waals surface area contributed by atoms with E-state index in [1.54, 1.807) is 20.2 Å². The standard InChI is InChI=1S/C21H22FN5O3/c1-27(2)20(24)26-21(13-29-8-6-15(21)12-28)17-10-16(3-4-18(17)22)30-19-9-14(11-23)5-7-25-19/h3-5,7,9-10,12,15H,6,8,13H2,1-2H3,(H2,24,26). The molecule has 0 aliphatic carbocycles. The zero-order valence-corrected chi connectivity index (χ0v) is 16.7. The third kappa shape index (κ3) is 4.23. The van der Waals surface area contributed by atoms with Gasteiger partial charge in [0.25, 0.3) is 0 Å². The molecule has 1 fully saturated rings. The first kappa shape index (κ1) is 21.2. The Labute approximate surface area is 173 Å². The van der Waals surface area contributed by atoms with Gasteiger partial charge in [0.2, 0.25) is 5.88 Å². The molecule has 2 unspecified atom stereocenters. The van der Waals surface area contributed by atoms with Crippen LogP contribution in [0.3, 0.4) is 0 Å². The second kappa shape index (κ2) is 8.88. The van der Waals surface area contributed by atoms with Crippen LogP contribution in [-0.4, -0.2) is 49.4 Å². The number of carbonyl (C=O) groups excluding carboxylic acids is 1. The Balaban J connectivity index is 2.04. The number of halogens is 1. The Morgan fingerprint density at radius 1 is 1.47 bits per heavy atom. The van der Waals surface area contributed by atoms with Gasteiger partial charge in [-0.25, -0.2) is 9.37 Å². The second-order valence-corrected chi connectivity index (χ2v) is 7.16. The molecule has 0 radical (unpaired) electrons. The number of rotatable bonds is 5. The summed E-state index contributed by atoms with van der Waals surface area (Å²) in [4.78, 5) is 17.5. The number of ether oxygens (including phenoxy) is 2. The van der Waals surface area contributed by atoms with Gasteiger partial charge in [0, 0.05) is 44.4 Å². The van der Waals surface area contributed by atoms with E-state index >= 15 is 4.39 Å². The lowest BCUT2D eigenvalue weighted by Gasteiger charge is -2.44. The molecular formula is C21H22FN5O3. The first-order valence-corrected chi connectivity index (χ1v) is 9.30. The van der Waals surface area contributed by atoms with Gasteiger partial charge in [-0.1, -0.05) is 0 Å². The van der Waals surface area contributed by atoms with Gasteiger partial charge in [-0.05, 0) is 30.7 Å². The third-order valence-corrected chi connectivity index (χ3v) is 4.99. The fraction of sp³-hybridized carbons (Fsp3) is 0.333. The molecular weight excluding hydrogens is 389 g/mol. The molecule has 2 aromatic rings. The van der Waals surface area contributed by atoms with Crippen LogP contribution in [0.15, 0.2) is 36.5 Å². The SMILES string of the molecule is CN(C)C(=N)NC1(c2cc(Oc3cc(C#N)ccn3)ccc2F)COCCC1C=O. The monoisotopic (exact) mass is 411 g/mol. The molecule has 1 aromatic carbocycles. The molecule has 1 aromatic heterocycles. The summed E-state index contributed by atoms with van der Waals surface area (Å²) in [5, 5.41) is 20.3. The van der Waals surface area contributed by atoms with Crippen LogP contribution in [0.5, 0.6) is 11.6 Å². The van der Waals surface area contributed by atoms with E-state index in [1.165, 1.54) is 35.4 Å². The highest BCUT2D eigenvalue weighted by Gasteiger charge is 2.46. The molecule has 156 valence electrons. The third-order valence-electron chi connectivity index (χ3n) is 4.99. The minimum atomic E-state index is -1.27. The number of aldehydes is 1. The van der Waals surface area contributed by atoms with Crippen LogP contribution in [0.2, 0.25) is 0 Å². The van der Waals surface area contributed by atoms with Gasteiger partial charge < -0.3 is 24.5 Å². The van der Waals surface area contributed by atoms with Gasteiger partial charge in [0.05, 0.1) is 18.2 Å². The summed E-state index contributed by atoms with van der Waals surface area (Å²) >= 11 is 0. The Morgan fingerprint density at radius 3 is 2.97 bits per heavy atom. The van der Waals surface area contributed by atoms with Gasteiger partial charge in [0.15, 0.2) is 5.96 Å². The quantitative estimate of drug-likeness (QED) is 0.441. The fourth-order valence-electron chi connectivity index (χ4n) is 3.34. The highest BCUT2D eigenvalue weighted by atomic mass is 19.1. The number of guanidine groups is 1. The topological polar surface area (TPSA) is 111 Å². The lowest BCUT2D eigenvalue weighted by Crippen LogP contribution is -2.59. The van der Waals surface area contributed by atoms with Gasteiger partial charge in [0.1, 0.15) is 23.4 Å². The highest BCUT2D eigenvalue weighted by Crippen LogP contribution is 2.38. The molecule has 1 saturated heterocycles. The zero-order chi connectivity index (χ0) is 21.7. The molecule has 2 atom stereocenters. The fourth-order valence-corrected chi connectivity index (χ4v) is 3.34. The van der Waals surface area contributed by atoms with Crippen molar-refractivity contribution in [1.29, 1.82) is 10.7 Å². The summed E-state index contributed by atoms with van der Waals surface area (Å²) in [5.74, 6) is -0.696. The van der Waals surface area contributed by atoms with Gasteiger partial charge in [-0.2, -0.15) is 5.26 Å². The summed E-state index contributed by atoms with van der Waals surface area (Å²) in [6, 6.07) is 9.15. The molecule has 2 heterocycles. The maximum Gasteiger partial charge on any atom is 0.220 e. The van der Waals surface area contributed by atoms with Crippen molar-refractivity contribution in [3.8, 4) is 17.7 Å².